The van der Waals surface area contributed by atoms with Gasteiger partial charge in [0.1, 0.15) is 18.4 Å². The molecule has 0 aliphatic rings. The minimum absolute atomic E-state index is 0.0347. The Morgan fingerprint density at radius 1 is 0.921 bits per heavy atom. The lowest BCUT2D eigenvalue weighted by Gasteiger charge is -2.33. The summed E-state index contributed by atoms with van der Waals surface area (Å²) in [4.78, 5) is 28.8. The summed E-state index contributed by atoms with van der Waals surface area (Å²) >= 11 is 0. The zero-order valence-electron chi connectivity index (χ0n) is 21.7. The summed E-state index contributed by atoms with van der Waals surface area (Å²) in [5.41, 5.74) is 1.68. The molecule has 2 amide bonds. The highest BCUT2D eigenvalue weighted by Crippen LogP contribution is 2.21. The highest BCUT2D eigenvalue weighted by Gasteiger charge is 2.33. The van der Waals surface area contributed by atoms with Crippen LogP contribution in [0.3, 0.4) is 0 Å². The van der Waals surface area contributed by atoms with E-state index in [1.54, 1.807) is 0 Å². The van der Waals surface area contributed by atoms with Crippen LogP contribution in [0.2, 0.25) is 0 Å². The van der Waals surface area contributed by atoms with Gasteiger partial charge in [-0.05, 0) is 35.7 Å². The second-order valence-electron chi connectivity index (χ2n) is 9.11. The lowest BCUT2D eigenvalue weighted by molar-refractivity contribution is -0.140. The molecule has 0 saturated carbocycles. The number of carbonyl (C=O) groups excluding carboxylic acids is 2. The Morgan fingerprint density at radius 3 is 2.13 bits per heavy atom. The van der Waals surface area contributed by atoms with E-state index in [2.05, 4.69) is 5.32 Å². The lowest BCUT2D eigenvalue weighted by atomic mass is 10.0. The molecule has 0 bridgehead atoms. The third-order valence-corrected chi connectivity index (χ3v) is 7.21. The van der Waals surface area contributed by atoms with Gasteiger partial charge in [-0.25, -0.2) is 12.8 Å². The largest absolute Gasteiger partial charge is 0.354 e. The molecule has 0 fully saturated rings. The molecule has 0 radical (unpaired) electrons. The third kappa shape index (κ3) is 8.41. The number of nitrogens with one attached hydrogen (secondary N) is 1. The zero-order chi connectivity index (χ0) is 27.5. The van der Waals surface area contributed by atoms with E-state index in [0.29, 0.717) is 6.54 Å². The van der Waals surface area contributed by atoms with Crippen LogP contribution in [-0.2, 0) is 32.6 Å². The van der Waals surface area contributed by atoms with E-state index in [4.69, 9.17) is 0 Å². The lowest BCUT2D eigenvalue weighted by Crippen LogP contribution is -2.53. The van der Waals surface area contributed by atoms with Crippen LogP contribution in [0.25, 0.3) is 0 Å². The highest BCUT2D eigenvalue weighted by molar-refractivity contribution is 7.92. The third-order valence-electron chi connectivity index (χ3n) is 6.07. The van der Waals surface area contributed by atoms with Crippen molar-refractivity contribution in [2.45, 2.75) is 38.8 Å². The average molecular weight is 540 g/mol. The molecule has 0 spiro atoms. The number of benzene rings is 3. The maximum Gasteiger partial charge on any atom is 0.244 e. The second kappa shape index (κ2) is 13.7. The molecule has 9 heteroatoms. The van der Waals surface area contributed by atoms with E-state index in [0.717, 1.165) is 40.6 Å². The molecular formula is C29H34FN3O4S. The molecule has 1 unspecified atom stereocenters. The average Bonchev–Trinajstić information content (AvgIpc) is 2.89. The van der Waals surface area contributed by atoms with Crippen molar-refractivity contribution >= 4 is 27.5 Å². The minimum Gasteiger partial charge on any atom is -0.354 e. The number of rotatable bonds is 13. The molecule has 38 heavy (non-hydrogen) atoms. The Kier molecular flexibility index (Phi) is 10.4. The maximum atomic E-state index is 14.0. The first-order valence-electron chi connectivity index (χ1n) is 12.6. The molecule has 0 saturated heterocycles. The van der Waals surface area contributed by atoms with Crippen molar-refractivity contribution in [2.75, 3.05) is 23.7 Å². The molecule has 202 valence electrons. The summed E-state index contributed by atoms with van der Waals surface area (Å²) in [5, 5.41) is 2.93. The molecule has 0 aliphatic heterocycles. The van der Waals surface area contributed by atoms with Gasteiger partial charge in [-0.2, -0.15) is 0 Å². The van der Waals surface area contributed by atoms with Crippen LogP contribution in [0.15, 0.2) is 84.9 Å². The monoisotopic (exact) mass is 539 g/mol. The van der Waals surface area contributed by atoms with Gasteiger partial charge < -0.3 is 10.2 Å². The summed E-state index contributed by atoms with van der Waals surface area (Å²) in [5.74, 6) is -1.51. The van der Waals surface area contributed by atoms with Crippen molar-refractivity contribution in [3.05, 3.63) is 102 Å². The molecule has 3 aromatic carbocycles. The van der Waals surface area contributed by atoms with Crippen molar-refractivity contribution in [2.24, 2.45) is 0 Å². The van der Waals surface area contributed by atoms with E-state index < -0.39 is 34.3 Å². The molecule has 0 aromatic heterocycles. The Hall–Kier alpha value is -3.72. The zero-order valence-corrected chi connectivity index (χ0v) is 22.5. The summed E-state index contributed by atoms with van der Waals surface area (Å²) in [6, 6.07) is 22.7. The van der Waals surface area contributed by atoms with E-state index in [1.165, 1.54) is 23.1 Å². The first-order valence-corrected chi connectivity index (χ1v) is 14.4. The molecule has 1 N–H and O–H groups in total. The van der Waals surface area contributed by atoms with E-state index >= 15 is 0 Å². The van der Waals surface area contributed by atoms with Crippen LogP contribution >= 0.6 is 0 Å². The van der Waals surface area contributed by atoms with Crippen LogP contribution in [0.5, 0.6) is 0 Å². The van der Waals surface area contributed by atoms with E-state index in [9.17, 15) is 22.4 Å². The number of anilines is 1. The standard InChI is InChI=1S/C29H34FN3O4S/c1-3-4-18-31-29(35)27(19-23-12-7-5-8-13-23)32(21-24-14-9-6-10-15-24)28(34)22-33(38(2,36)37)26-17-11-16-25(30)20-26/h5-17,20,27H,3-4,18-19,21-22H2,1-2H3,(H,31,35). The first-order chi connectivity index (χ1) is 18.2. The summed E-state index contributed by atoms with van der Waals surface area (Å²) in [6.45, 7) is 2.00. The topological polar surface area (TPSA) is 86.8 Å². The number of hydrogen-bond acceptors (Lipinski definition) is 4. The number of nitrogens with zero attached hydrogens (tertiary/aromatic N) is 2. The number of unbranched alkanes of at least 4 members (excludes halogenated alkanes) is 1. The van der Waals surface area contributed by atoms with Crippen molar-refractivity contribution in [1.82, 2.24) is 10.2 Å². The Bertz CT molecular complexity index is 1300. The molecule has 3 rings (SSSR count). The molecule has 0 heterocycles. The fourth-order valence-electron chi connectivity index (χ4n) is 4.09. The predicted octanol–water partition coefficient (Wildman–Crippen LogP) is 4.15. The number of halogens is 1. The minimum atomic E-state index is -3.94. The van der Waals surface area contributed by atoms with E-state index in [-0.39, 0.29) is 24.6 Å². The molecule has 3 aromatic rings. The molecule has 7 nitrogen and oxygen atoms in total. The van der Waals surface area contributed by atoms with Gasteiger partial charge >= 0.3 is 0 Å². The van der Waals surface area contributed by atoms with Gasteiger partial charge in [0.15, 0.2) is 0 Å². The van der Waals surface area contributed by atoms with Gasteiger partial charge in [-0.1, -0.05) is 80.1 Å². The van der Waals surface area contributed by atoms with Crippen molar-refractivity contribution in [3.63, 3.8) is 0 Å². The Balaban J connectivity index is 2.01. The molecular weight excluding hydrogens is 505 g/mol. The number of amides is 2. The Morgan fingerprint density at radius 2 is 1.55 bits per heavy atom. The molecule has 1 atom stereocenters. The van der Waals surface area contributed by atoms with Gasteiger partial charge in [0.05, 0.1) is 11.9 Å². The SMILES string of the molecule is CCCCNC(=O)C(Cc1ccccc1)N(Cc1ccccc1)C(=O)CN(c1cccc(F)c1)S(C)(=O)=O. The van der Waals surface area contributed by atoms with Gasteiger partial charge in [-0.15, -0.1) is 0 Å². The van der Waals surface area contributed by atoms with E-state index in [1.807, 2.05) is 67.6 Å². The summed E-state index contributed by atoms with van der Waals surface area (Å²) in [6.07, 6.45) is 2.90. The fraction of sp³-hybridized carbons (Fsp3) is 0.310. The van der Waals surface area contributed by atoms with Crippen LogP contribution in [-0.4, -0.2) is 50.5 Å². The van der Waals surface area contributed by atoms with Crippen LogP contribution in [0, 0.1) is 5.82 Å². The second-order valence-corrected chi connectivity index (χ2v) is 11.0. The normalized spacial score (nSPS) is 12.0. The number of carbonyl (C=O) groups is 2. The number of hydrogen-bond donors (Lipinski definition) is 1. The maximum absolute atomic E-state index is 14.0. The summed E-state index contributed by atoms with van der Waals surface area (Å²) in [7, 11) is -3.94. The van der Waals surface area contributed by atoms with Gasteiger partial charge in [0.25, 0.3) is 0 Å². The quantitative estimate of drug-likeness (QED) is 0.331. The van der Waals surface area contributed by atoms with Crippen LogP contribution in [0.4, 0.5) is 10.1 Å². The van der Waals surface area contributed by atoms with Crippen molar-refractivity contribution in [3.8, 4) is 0 Å². The summed E-state index contributed by atoms with van der Waals surface area (Å²) < 4.78 is 40.2. The van der Waals surface area contributed by atoms with Crippen LogP contribution in [0.1, 0.15) is 30.9 Å². The smallest absolute Gasteiger partial charge is 0.244 e. The fourth-order valence-corrected chi connectivity index (χ4v) is 4.93. The van der Waals surface area contributed by atoms with Gasteiger partial charge in [0, 0.05) is 19.5 Å². The van der Waals surface area contributed by atoms with Gasteiger partial charge in [-0.3, -0.25) is 13.9 Å². The molecule has 0 aliphatic carbocycles. The van der Waals surface area contributed by atoms with Gasteiger partial charge in [0.2, 0.25) is 21.8 Å². The van der Waals surface area contributed by atoms with Crippen molar-refractivity contribution in [1.29, 1.82) is 0 Å². The highest BCUT2D eigenvalue weighted by atomic mass is 32.2. The predicted molar refractivity (Wildman–Crippen MR) is 147 cm³/mol. The Labute approximate surface area is 224 Å². The van der Waals surface area contributed by atoms with Crippen LogP contribution < -0.4 is 9.62 Å². The van der Waals surface area contributed by atoms with Crippen molar-refractivity contribution < 1.29 is 22.4 Å². The first kappa shape index (κ1) is 28.8. The number of sulfonamides is 1.